The summed E-state index contributed by atoms with van der Waals surface area (Å²) in [5.41, 5.74) is 0.423. The van der Waals surface area contributed by atoms with Gasteiger partial charge in [-0.3, -0.25) is 4.79 Å². The number of pyridine rings is 1. The number of rotatable bonds is 5. The van der Waals surface area contributed by atoms with Crippen LogP contribution in [0, 0.1) is 0 Å². The van der Waals surface area contributed by atoms with E-state index in [4.69, 9.17) is 16.3 Å². The topological polar surface area (TPSA) is 79.7 Å². The van der Waals surface area contributed by atoms with E-state index in [1.165, 1.54) is 6.20 Å². The van der Waals surface area contributed by atoms with Gasteiger partial charge in [-0.2, -0.15) is 0 Å². The second-order valence-electron chi connectivity index (χ2n) is 4.57. The summed E-state index contributed by atoms with van der Waals surface area (Å²) >= 11 is 6.01. The Labute approximate surface area is 127 Å². The third-order valence-electron chi connectivity index (χ3n) is 3.14. The fourth-order valence-corrected chi connectivity index (χ4v) is 2.34. The summed E-state index contributed by atoms with van der Waals surface area (Å²) in [5, 5.41) is 21.9. The molecule has 0 aliphatic rings. The lowest BCUT2D eigenvalue weighted by molar-refractivity contribution is -0.147. The summed E-state index contributed by atoms with van der Waals surface area (Å²) in [6.45, 7) is 1.91. The van der Waals surface area contributed by atoms with Crippen LogP contribution in [0.3, 0.4) is 0 Å². The second kappa shape index (κ2) is 6.85. The van der Waals surface area contributed by atoms with Crippen molar-refractivity contribution in [1.29, 1.82) is 0 Å². The minimum absolute atomic E-state index is 0.229. The molecule has 2 unspecified atom stereocenters. The minimum atomic E-state index is -1.27. The fourth-order valence-electron chi connectivity index (χ4n) is 2.13. The molecule has 0 spiro atoms. The molecule has 0 aliphatic heterocycles. The number of esters is 1. The molecule has 0 saturated carbocycles. The molecule has 2 N–H and O–H groups in total. The van der Waals surface area contributed by atoms with E-state index in [1.807, 2.05) is 0 Å². The van der Waals surface area contributed by atoms with Crippen LogP contribution < -0.4 is 0 Å². The van der Waals surface area contributed by atoms with Crippen molar-refractivity contribution >= 4 is 28.3 Å². The highest BCUT2D eigenvalue weighted by Crippen LogP contribution is 2.30. The quantitative estimate of drug-likeness (QED) is 0.654. The SMILES string of the molecule is CCOC(=O)CC(O)C(O)c1cnc(Cl)c2ccccc12. The van der Waals surface area contributed by atoms with E-state index in [0.717, 1.165) is 0 Å². The summed E-state index contributed by atoms with van der Waals surface area (Å²) in [6.07, 6.45) is -1.39. The van der Waals surface area contributed by atoms with Crippen molar-refractivity contribution in [3.05, 3.63) is 41.2 Å². The Hall–Kier alpha value is -1.69. The molecule has 0 fully saturated rings. The van der Waals surface area contributed by atoms with E-state index < -0.39 is 18.2 Å². The lowest BCUT2D eigenvalue weighted by Gasteiger charge is -2.19. The number of nitrogens with zero attached hydrogens (tertiary/aromatic N) is 1. The number of aliphatic hydroxyl groups is 2. The van der Waals surface area contributed by atoms with Crippen LogP contribution in [0.5, 0.6) is 0 Å². The van der Waals surface area contributed by atoms with Gasteiger partial charge in [-0.25, -0.2) is 4.98 Å². The van der Waals surface area contributed by atoms with Gasteiger partial charge in [-0.15, -0.1) is 0 Å². The number of benzene rings is 1. The predicted octanol–water partition coefficient (Wildman–Crippen LogP) is 2.24. The van der Waals surface area contributed by atoms with Gasteiger partial charge in [0, 0.05) is 17.1 Å². The Morgan fingerprint density at radius 1 is 1.33 bits per heavy atom. The van der Waals surface area contributed by atoms with Crippen molar-refractivity contribution in [1.82, 2.24) is 4.98 Å². The molecule has 112 valence electrons. The van der Waals surface area contributed by atoms with Crippen LogP contribution in [-0.2, 0) is 9.53 Å². The zero-order valence-electron chi connectivity index (χ0n) is 11.5. The monoisotopic (exact) mass is 309 g/mol. The number of aliphatic hydroxyl groups excluding tert-OH is 2. The van der Waals surface area contributed by atoms with Crippen LogP contribution in [-0.4, -0.2) is 33.9 Å². The van der Waals surface area contributed by atoms with Gasteiger partial charge in [-0.05, 0) is 12.3 Å². The standard InChI is InChI=1S/C15H16ClNO4/c1-2-21-13(19)7-12(18)14(20)11-8-17-15(16)10-6-4-3-5-9(10)11/h3-6,8,12,14,18,20H,2,7H2,1H3. The average molecular weight is 310 g/mol. The number of ether oxygens (including phenoxy) is 1. The first-order chi connectivity index (χ1) is 10.0. The van der Waals surface area contributed by atoms with Crippen molar-refractivity contribution in [3.8, 4) is 0 Å². The number of hydrogen-bond acceptors (Lipinski definition) is 5. The number of aromatic nitrogens is 1. The van der Waals surface area contributed by atoms with Crippen LogP contribution in [0.25, 0.3) is 10.8 Å². The van der Waals surface area contributed by atoms with Crippen LogP contribution in [0.2, 0.25) is 5.15 Å². The molecule has 0 bridgehead atoms. The molecule has 2 atom stereocenters. The van der Waals surface area contributed by atoms with E-state index in [9.17, 15) is 15.0 Å². The van der Waals surface area contributed by atoms with Crippen molar-refractivity contribution in [2.75, 3.05) is 6.61 Å². The normalized spacial score (nSPS) is 13.9. The maximum absolute atomic E-state index is 11.4. The third kappa shape index (κ3) is 3.50. The molecule has 6 heteroatoms. The maximum Gasteiger partial charge on any atom is 0.308 e. The highest BCUT2D eigenvalue weighted by Gasteiger charge is 2.24. The largest absolute Gasteiger partial charge is 0.466 e. The number of fused-ring (bicyclic) bond motifs is 1. The number of halogens is 1. The van der Waals surface area contributed by atoms with Crippen molar-refractivity contribution in [2.45, 2.75) is 25.6 Å². The van der Waals surface area contributed by atoms with Gasteiger partial charge in [0.2, 0.25) is 0 Å². The molecule has 0 aliphatic carbocycles. The molecular weight excluding hydrogens is 294 g/mol. The van der Waals surface area contributed by atoms with Crippen LogP contribution in [0.4, 0.5) is 0 Å². The van der Waals surface area contributed by atoms with Crippen LogP contribution >= 0.6 is 11.6 Å². The van der Waals surface area contributed by atoms with Crippen LogP contribution in [0.15, 0.2) is 30.5 Å². The van der Waals surface area contributed by atoms with Gasteiger partial charge in [0.25, 0.3) is 0 Å². The zero-order chi connectivity index (χ0) is 15.4. The summed E-state index contributed by atoms with van der Waals surface area (Å²) in [4.78, 5) is 15.4. The van der Waals surface area contributed by atoms with Gasteiger partial charge >= 0.3 is 5.97 Å². The van der Waals surface area contributed by atoms with Gasteiger partial charge in [-0.1, -0.05) is 35.9 Å². The fraction of sp³-hybridized carbons (Fsp3) is 0.333. The smallest absolute Gasteiger partial charge is 0.308 e. The lowest BCUT2D eigenvalue weighted by atomic mass is 9.98. The Morgan fingerprint density at radius 2 is 2.00 bits per heavy atom. The third-order valence-corrected chi connectivity index (χ3v) is 3.44. The molecule has 1 heterocycles. The molecular formula is C15H16ClNO4. The van der Waals surface area contributed by atoms with Crippen molar-refractivity contribution in [2.24, 2.45) is 0 Å². The Kier molecular flexibility index (Phi) is 5.12. The maximum atomic E-state index is 11.4. The minimum Gasteiger partial charge on any atom is -0.466 e. The van der Waals surface area contributed by atoms with Gasteiger partial charge in [0.15, 0.2) is 0 Å². The molecule has 5 nitrogen and oxygen atoms in total. The van der Waals surface area contributed by atoms with Gasteiger partial charge < -0.3 is 14.9 Å². The highest BCUT2D eigenvalue weighted by atomic mass is 35.5. The average Bonchev–Trinajstić information content (AvgIpc) is 2.47. The van der Waals surface area contributed by atoms with Crippen molar-refractivity contribution < 1.29 is 19.7 Å². The molecule has 0 radical (unpaired) electrons. The van der Waals surface area contributed by atoms with E-state index in [0.29, 0.717) is 21.5 Å². The van der Waals surface area contributed by atoms with Crippen LogP contribution in [0.1, 0.15) is 25.0 Å². The molecule has 2 rings (SSSR count). The van der Waals surface area contributed by atoms with E-state index >= 15 is 0 Å². The second-order valence-corrected chi connectivity index (χ2v) is 4.93. The Bertz CT molecular complexity index is 647. The number of hydrogen-bond donors (Lipinski definition) is 2. The first kappa shape index (κ1) is 15.7. The zero-order valence-corrected chi connectivity index (χ0v) is 12.2. The highest BCUT2D eigenvalue weighted by molar-refractivity contribution is 6.34. The molecule has 2 aromatic rings. The molecule has 1 aromatic carbocycles. The molecule has 0 saturated heterocycles. The summed E-state index contributed by atoms with van der Waals surface area (Å²) in [7, 11) is 0. The summed E-state index contributed by atoms with van der Waals surface area (Å²) in [6, 6.07) is 7.16. The Balaban J connectivity index is 2.29. The van der Waals surface area contributed by atoms with Crippen molar-refractivity contribution in [3.63, 3.8) is 0 Å². The molecule has 21 heavy (non-hydrogen) atoms. The van der Waals surface area contributed by atoms with E-state index in [2.05, 4.69) is 4.98 Å². The van der Waals surface area contributed by atoms with Gasteiger partial charge in [0.1, 0.15) is 11.3 Å². The molecule has 1 aromatic heterocycles. The summed E-state index contributed by atoms with van der Waals surface area (Å²) in [5.74, 6) is -0.560. The van der Waals surface area contributed by atoms with E-state index in [1.54, 1.807) is 31.2 Å². The first-order valence-corrected chi connectivity index (χ1v) is 6.97. The predicted molar refractivity (Wildman–Crippen MR) is 79.0 cm³/mol. The Morgan fingerprint density at radius 3 is 2.67 bits per heavy atom. The lowest BCUT2D eigenvalue weighted by Crippen LogP contribution is -2.23. The molecule has 0 amide bonds. The first-order valence-electron chi connectivity index (χ1n) is 6.59. The number of carbonyl (C=O) groups is 1. The number of carbonyl (C=O) groups excluding carboxylic acids is 1. The summed E-state index contributed by atoms with van der Waals surface area (Å²) < 4.78 is 4.76. The van der Waals surface area contributed by atoms with E-state index in [-0.39, 0.29) is 13.0 Å². The van der Waals surface area contributed by atoms with Gasteiger partial charge in [0.05, 0.1) is 19.1 Å².